The summed E-state index contributed by atoms with van der Waals surface area (Å²) in [6.07, 6.45) is 1.44. The minimum absolute atomic E-state index is 0.121. The van der Waals surface area contributed by atoms with Crippen LogP contribution in [0.25, 0.3) is 15.7 Å². The van der Waals surface area contributed by atoms with E-state index in [1.54, 1.807) is 12.1 Å². The predicted octanol–water partition coefficient (Wildman–Crippen LogP) is 2.84. The fourth-order valence-corrected chi connectivity index (χ4v) is 1.62. The minimum atomic E-state index is -0.227. The molecule has 1 N–H and O–H groups in total. The Morgan fingerprint density at radius 1 is 1.43 bits per heavy atom. The Morgan fingerprint density at radius 3 is 2.93 bits per heavy atom. The molecule has 0 saturated heterocycles. The van der Waals surface area contributed by atoms with E-state index < -0.39 is 0 Å². The Labute approximate surface area is 88.3 Å². The van der Waals surface area contributed by atoms with Gasteiger partial charge in [-0.2, -0.15) is 0 Å². The number of aromatic amines is 1. The van der Waals surface area contributed by atoms with Crippen LogP contribution in [0.4, 0.5) is 5.69 Å². The molecule has 0 radical (unpaired) electrons. The van der Waals surface area contributed by atoms with E-state index in [-0.39, 0.29) is 11.1 Å². The van der Waals surface area contributed by atoms with Crippen molar-refractivity contribution < 1.29 is 0 Å². The lowest BCUT2D eigenvalue weighted by Crippen LogP contribution is -2.00. The first-order valence-electron chi connectivity index (χ1n) is 3.91. The van der Waals surface area contributed by atoms with E-state index in [0.29, 0.717) is 5.39 Å². The Balaban J connectivity index is 2.96. The molecule has 1 aromatic heterocycles. The van der Waals surface area contributed by atoms with Gasteiger partial charge in [-0.3, -0.25) is 0 Å². The van der Waals surface area contributed by atoms with Crippen molar-refractivity contribution in [1.82, 2.24) is 4.98 Å². The van der Waals surface area contributed by atoms with Gasteiger partial charge in [0.15, 0.2) is 5.43 Å². The second kappa shape index (κ2) is 3.28. The summed E-state index contributed by atoms with van der Waals surface area (Å²) in [4.78, 5) is 17.7. The SMILES string of the molecule is [C-]#[N+]c1c[nH]c2ccc(Br)cc2c1=O. The van der Waals surface area contributed by atoms with E-state index in [2.05, 4.69) is 25.8 Å². The third kappa shape index (κ3) is 1.32. The third-order valence-corrected chi connectivity index (χ3v) is 2.44. The summed E-state index contributed by atoms with van der Waals surface area (Å²) < 4.78 is 0.831. The smallest absolute Gasteiger partial charge is 0.249 e. The van der Waals surface area contributed by atoms with Crippen molar-refractivity contribution in [3.63, 3.8) is 0 Å². The van der Waals surface area contributed by atoms with Crippen molar-refractivity contribution in [2.45, 2.75) is 0 Å². The highest BCUT2D eigenvalue weighted by atomic mass is 79.9. The third-order valence-electron chi connectivity index (χ3n) is 1.94. The number of hydrogen-bond donors (Lipinski definition) is 1. The molecule has 0 aliphatic carbocycles. The molecule has 4 heteroatoms. The van der Waals surface area contributed by atoms with Gasteiger partial charge in [0.05, 0.1) is 6.57 Å². The molecule has 1 heterocycles. The molecule has 68 valence electrons. The number of benzene rings is 1. The topological polar surface area (TPSA) is 37.2 Å². The number of H-pyrrole nitrogens is 1. The molecule has 0 saturated carbocycles. The molecule has 0 aliphatic heterocycles. The van der Waals surface area contributed by atoms with E-state index in [1.165, 1.54) is 6.20 Å². The van der Waals surface area contributed by atoms with Crippen LogP contribution in [0.3, 0.4) is 0 Å². The summed E-state index contributed by atoms with van der Waals surface area (Å²) in [6, 6.07) is 5.35. The van der Waals surface area contributed by atoms with Gasteiger partial charge in [0.25, 0.3) is 0 Å². The molecule has 0 fully saturated rings. The monoisotopic (exact) mass is 248 g/mol. The molecule has 1 aromatic carbocycles. The Kier molecular flexibility index (Phi) is 2.10. The van der Waals surface area contributed by atoms with Crippen LogP contribution < -0.4 is 5.43 Å². The summed E-state index contributed by atoms with van der Waals surface area (Å²) in [5, 5.41) is 0.535. The predicted molar refractivity (Wildman–Crippen MR) is 58.5 cm³/mol. The second-order valence-electron chi connectivity index (χ2n) is 2.80. The molecular formula is C10H5BrN2O. The number of pyridine rings is 1. The first-order chi connectivity index (χ1) is 6.72. The lowest BCUT2D eigenvalue weighted by molar-refractivity contribution is 1.40. The second-order valence-corrected chi connectivity index (χ2v) is 3.72. The zero-order chi connectivity index (χ0) is 10.1. The summed E-state index contributed by atoms with van der Waals surface area (Å²) >= 11 is 3.28. The number of nitrogens with one attached hydrogen (secondary N) is 1. The van der Waals surface area contributed by atoms with Crippen molar-refractivity contribution in [1.29, 1.82) is 0 Å². The lowest BCUT2D eigenvalue weighted by atomic mass is 10.2. The average molecular weight is 249 g/mol. The van der Waals surface area contributed by atoms with Crippen LogP contribution in [0, 0.1) is 6.57 Å². The van der Waals surface area contributed by atoms with Crippen LogP contribution in [0.2, 0.25) is 0 Å². The molecule has 3 nitrogen and oxygen atoms in total. The average Bonchev–Trinajstić information content (AvgIpc) is 2.20. The van der Waals surface area contributed by atoms with Crippen LogP contribution in [-0.4, -0.2) is 4.98 Å². The maximum atomic E-state index is 11.7. The number of hydrogen-bond acceptors (Lipinski definition) is 1. The van der Waals surface area contributed by atoms with Gasteiger partial charge in [-0.1, -0.05) is 15.9 Å². The first kappa shape index (κ1) is 8.97. The summed E-state index contributed by atoms with van der Waals surface area (Å²) in [5.74, 6) is 0. The number of fused-ring (bicyclic) bond motifs is 1. The Morgan fingerprint density at radius 2 is 2.21 bits per heavy atom. The fraction of sp³-hybridized carbons (Fsp3) is 0. The molecule has 2 aromatic rings. The molecule has 0 bridgehead atoms. The van der Waals surface area contributed by atoms with E-state index >= 15 is 0 Å². The van der Waals surface area contributed by atoms with Gasteiger partial charge in [0, 0.05) is 21.6 Å². The molecule has 0 atom stereocenters. The largest absolute Gasteiger partial charge is 0.371 e. The van der Waals surface area contributed by atoms with Gasteiger partial charge in [0.1, 0.15) is 0 Å². The van der Waals surface area contributed by atoms with Crippen LogP contribution in [0.5, 0.6) is 0 Å². The van der Waals surface area contributed by atoms with Gasteiger partial charge < -0.3 is 9.78 Å². The highest BCUT2D eigenvalue weighted by Gasteiger charge is 2.04. The standard InChI is InChI=1S/C10H5BrN2O/c1-12-9-5-13-8-3-2-6(11)4-7(8)10(9)14/h2-5H,(H,13,14). The molecule has 0 spiro atoms. The lowest BCUT2D eigenvalue weighted by Gasteiger charge is -1.98. The quantitative estimate of drug-likeness (QED) is 0.716. The van der Waals surface area contributed by atoms with Crippen LogP contribution >= 0.6 is 15.9 Å². The first-order valence-corrected chi connectivity index (χ1v) is 4.70. The van der Waals surface area contributed by atoms with E-state index in [0.717, 1.165) is 9.99 Å². The number of nitrogens with zero attached hydrogens (tertiary/aromatic N) is 1. The van der Waals surface area contributed by atoms with Gasteiger partial charge in [0.2, 0.25) is 5.69 Å². The van der Waals surface area contributed by atoms with E-state index in [9.17, 15) is 4.79 Å². The number of halogens is 1. The molecule has 14 heavy (non-hydrogen) atoms. The Bertz CT molecular complexity index is 595. The minimum Gasteiger partial charge on any atom is -0.371 e. The number of rotatable bonds is 0. The summed E-state index contributed by atoms with van der Waals surface area (Å²) in [5.41, 5.74) is 0.635. The maximum absolute atomic E-state index is 11.7. The molecule has 0 amide bonds. The summed E-state index contributed by atoms with van der Waals surface area (Å²) in [7, 11) is 0. The summed E-state index contributed by atoms with van der Waals surface area (Å²) in [6.45, 7) is 6.81. The van der Waals surface area contributed by atoms with Crippen molar-refractivity contribution in [3.8, 4) is 0 Å². The normalized spacial score (nSPS) is 10.0. The van der Waals surface area contributed by atoms with E-state index in [4.69, 9.17) is 6.57 Å². The Hall–Kier alpha value is -1.60. The molecule has 2 rings (SSSR count). The molecule has 0 unspecified atom stereocenters. The van der Waals surface area contributed by atoms with Crippen molar-refractivity contribution in [2.75, 3.05) is 0 Å². The zero-order valence-corrected chi connectivity index (χ0v) is 8.63. The van der Waals surface area contributed by atoms with Crippen LogP contribution in [0.15, 0.2) is 33.7 Å². The fourth-order valence-electron chi connectivity index (χ4n) is 1.26. The molecule has 0 aliphatic rings. The zero-order valence-electron chi connectivity index (χ0n) is 7.04. The van der Waals surface area contributed by atoms with Gasteiger partial charge >= 0.3 is 0 Å². The van der Waals surface area contributed by atoms with Crippen LogP contribution in [0.1, 0.15) is 0 Å². The van der Waals surface area contributed by atoms with Gasteiger partial charge in [-0.15, -0.1) is 0 Å². The van der Waals surface area contributed by atoms with Crippen molar-refractivity contribution >= 4 is 32.5 Å². The van der Waals surface area contributed by atoms with Gasteiger partial charge in [-0.05, 0) is 18.2 Å². The maximum Gasteiger partial charge on any atom is 0.249 e. The van der Waals surface area contributed by atoms with Crippen molar-refractivity contribution in [2.24, 2.45) is 0 Å². The molecular weight excluding hydrogens is 244 g/mol. The van der Waals surface area contributed by atoms with Gasteiger partial charge in [-0.25, -0.2) is 4.85 Å². The highest BCUT2D eigenvalue weighted by Crippen LogP contribution is 2.17. The number of aromatic nitrogens is 1. The van der Waals surface area contributed by atoms with Crippen LogP contribution in [-0.2, 0) is 0 Å². The van der Waals surface area contributed by atoms with E-state index in [1.807, 2.05) is 6.07 Å². The highest BCUT2D eigenvalue weighted by molar-refractivity contribution is 9.10. The van der Waals surface area contributed by atoms with Crippen molar-refractivity contribution in [3.05, 3.63) is 50.5 Å².